The molecule has 0 N–H and O–H groups in total. The van der Waals surface area contributed by atoms with Crippen molar-refractivity contribution in [1.82, 2.24) is 19.8 Å². The first-order valence-electron chi connectivity index (χ1n) is 6.88. The Labute approximate surface area is 144 Å². The summed E-state index contributed by atoms with van der Waals surface area (Å²) in [5, 5.41) is 14.1. The molecule has 2 heterocycles. The Hall–Kier alpha value is -2.25. The lowest BCUT2D eigenvalue weighted by molar-refractivity contribution is 0.415. The summed E-state index contributed by atoms with van der Waals surface area (Å²) in [7, 11) is 1.65. The smallest absolute Gasteiger partial charge is 0.235 e. The van der Waals surface area contributed by atoms with E-state index in [0.717, 1.165) is 37.1 Å². The fourth-order valence-corrected chi connectivity index (χ4v) is 3.76. The van der Waals surface area contributed by atoms with E-state index in [9.17, 15) is 0 Å². The molecule has 2 aromatic carbocycles. The van der Waals surface area contributed by atoms with Crippen molar-refractivity contribution in [2.75, 3.05) is 7.11 Å². The summed E-state index contributed by atoms with van der Waals surface area (Å²) in [6.45, 7) is 0. The molecule has 0 saturated carbocycles. The van der Waals surface area contributed by atoms with Gasteiger partial charge in [0.15, 0.2) is 5.82 Å². The van der Waals surface area contributed by atoms with E-state index in [2.05, 4.69) is 31.2 Å². The van der Waals surface area contributed by atoms with Crippen molar-refractivity contribution in [2.45, 2.75) is 0 Å². The second kappa shape index (κ2) is 5.75. The lowest BCUT2D eigenvalue weighted by Gasteiger charge is -2.01. The topological polar surface area (TPSA) is 52.3 Å². The van der Waals surface area contributed by atoms with Crippen LogP contribution in [-0.2, 0) is 0 Å². The van der Waals surface area contributed by atoms with Crippen LogP contribution in [0.15, 0.2) is 53.0 Å². The molecule has 0 saturated heterocycles. The van der Waals surface area contributed by atoms with E-state index < -0.39 is 0 Å². The number of fused-ring (bicyclic) bond motifs is 1. The minimum atomic E-state index is 0.720. The second-order valence-corrected chi connectivity index (χ2v) is 6.64. The van der Waals surface area contributed by atoms with Gasteiger partial charge in [0, 0.05) is 15.6 Å². The normalized spacial score (nSPS) is 11.0. The van der Waals surface area contributed by atoms with Gasteiger partial charge in [0.05, 0.1) is 7.11 Å². The summed E-state index contributed by atoms with van der Waals surface area (Å²) in [5.74, 6) is 1.53. The summed E-state index contributed by atoms with van der Waals surface area (Å²) in [5.41, 5.74) is 1.99. The average Bonchev–Trinajstić information content (AvgIpc) is 3.16. The van der Waals surface area contributed by atoms with Crippen molar-refractivity contribution in [3.05, 3.63) is 53.0 Å². The van der Waals surface area contributed by atoms with Gasteiger partial charge in [0.25, 0.3) is 0 Å². The molecule has 0 bridgehead atoms. The fourth-order valence-electron chi connectivity index (χ4n) is 2.28. The van der Waals surface area contributed by atoms with Gasteiger partial charge in [-0.1, -0.05) is 45.5 Å². The SMILES string of the molecule is COc1ccc(-c2nnc3sc(-c4ccccc4Br)nn23)cc1. The van der Waals surface area contributed by atoms with Crippen LogP contribution in [0, 0.1) is 0 Å². The molecule has 0 amide bonds. The third-order valence-electron chi connectivity index (χ3n) is 3.44. The molecule has 114 valence electrons. The zero-order chi connectivity index (χ0) is 15.8. The first-order chi connectivity index (χ1) is 11.3. The van der Waals surface area contributed by atoms with E-state index in [-0.39, 0.29) is 0 Å². The predicted octanol–water partition coefficient (Wildman–Crippen LogP) is 4.29. The number of benzene rings is 2. The highest BCUT2D eigenvalue weighted by molar-refractivity contribution is 9.10. The summed E-state index contributed by atoms with van der Waals surface area (Å²) in [4.78, 5) is 0.765. The van der Waals surface area contributed by atoms with Crippen LogP contribution in [-0.4, -0.2) is 26.9 Å². The average molecular weight is 387 g/mol. The highest BCUT2D eigenvalue weighted by Gasteiger charge is 2.15. The molecule has 0 aliphatic heterocycles. The Bertz CT molecular complexity index is 977. The summed E-state index contributed by atoms with van der Waals surface area (Å²) >= 11 is 5.08. The van der Waals surface area contributed by atoms with E-state index in [4.69, 9.17) is 4.74 Å². The maximum Gasteiger partial charge on any atom is 0.235 e. The number of rotatable bonds is 3. The number of methoxy groups -OCH3 is 1. The van der Waals surface area contributed by atoms with E-state index in [0.29, 0.717) is 0 Å². The molecule has 0 aliphatic carbocycles. The van der Waals surface area contributed by atoms with Crippen LogP contribution in [0.3, 0.4) is 0 Å². The van der Waals surface area contributed by atoms with Gasteiger partial charge in [-0.05, 0) is 30.3 Å². The molecule has 2 aromatic heterocycles. The van der Waals surface area contributed by atoms with Crippen molar-refractivity contribution in [2.24, 2.45) is 0 Å². The number of halogens is 1. The first-order valence-corrected chi connectivity index (χ1v) is 8.49. The quantitative estimate of drug-likeness (QED) is 0.526. The van der Waals surface area contributed by atoms with Crippen LogP contribution in [0.4, 0.5) is 0 Å². The van der Waals surface area contributed by atoms with E-state index in [1.165, 1.54) is 11.3 Å². The third-order valence-corrected chi connectivity index (χ3v) is 5.07. The molecular formula is C16H11BrN4OS. The van der Waals surface area contributed by atoms with Crippen LogP contribution < -0.4 is 4.74 Å². The van der Waals surface area contributed by atoms with Gasteiger partial charge in [-0.15, -0.1) is 10.2 Å². The van der Waals surface area contributed by atoms with Gasteiger partial charge >= 0.3 is 0 Å². The summed E-state index contributed by atoms with van der Waals surface area (Å²) < 4.78 is 7.98. The minimum Gasteiger partial charge on any atom is -0.497 e. The highest BCUT2D eigenvalue weighted by Crippen LogP contribution is 2.32. The zero-order valence-electron chi connectivity index (χ0n) is 12.1. The zero-order valence-corrected chi connectivity index (χ0v) is 14.5. The minimum absolute atomic E-state index is 0.720. The lowest BCUT2D eigenvalue weighted by atomic mass is 10.2. The van der Waals surface area contributed by atoms with Gasteiger partial charge in [-0.3, -0.25) is 0 Å². The van der Waals surface area contributed by atoms with Gasteiger partial charge in [0.1, 0.15) is 10.8 Å². The maximum atomic E-state index is 5.19. The van der Waals surface area contributed by atoms with Gasteiger partial charge < -0.3 is 4.74 Å². The number of ether oxygens (including phenoxy) is 1. The molecule has 23 heavy (non-hydrogen) atoms. The fraction of sp³-hybridized carbons (Fsp3) is 0.0625. The Morgan fingerprint density at radius 3 is 2.57 bits per heavy atom. The molecular weight excluding hydrogens is 376 g/mol. The third kappa shape index (κ3) is 2.51. The van der Waals surface area contributed by atoms with Gasteiger partial charge in [0.2, 0.25) is 4.96 Å². The molecule has 0 atom stereocenters. The number of hydrogen-bond donors (Lipinski definition) is 0. The molecule has 0 fully saturated rings. The van der Waals surface area contributed by atoms with E-state index >= 15 is 0 Å². The molecule has 0 aliphatic rings. The van der Waals surface area contributed by atoms with Crippen molar-refractivity contribution >= 4 is 32.2 Å². The number of hydrogen-bond acceptors (Lipinski definition) is 5. The predicted molar refractivity (Wildman–Crippen MR) is 93.8 cm³/mol. The Morgan fingerprint density at radius 1 is 1.04 bits per heavy atom. The Morgan fingerprint density at radius 2 is 1.83 bits per heavy atom. The molecule has 7 heteroatoms. The van der Waals surface area contributed by atoms with Gasteiger partial charge in [-0.25, -0.2) is 0 Å². The van der Waals surface area contributed by atoms with E-state index in [1.807, 2.05) is 48.5 Å². The first kappa shape index (κ1) is 14.3. The van der Waals surface area contributed by atoms with Crippen molar-refractivity contribution in [3.63, 3.8) is 0 Å². The van der Waals surface area contributed by atoms with Crippen LogP contribution in [0.1, 0.15) is 0 Å². The highest BCUT2D eigenvalue weighted by atomic mass is 79.9. The van der Waals surface area contributed by atoms with Crippen LogP contribution in [0.5, 0.6) is 5.75 Å². The molecule has 5 nitrogen and oxygen atoms in total. The summed E-state index contributed by atoms with van der Waals surface area (Å²) in [6, 6.07) is 15.7. The summed E-state index contributed by atoms with van der Waals surface area (Å²) in [6.07, 6.45) is 0. The van der Waals surface area contributed by atoms with Crippen molar-refractivity contribution < 1.29 is 4.74 Å². The molecule has 0 spiro atoms. The number of aromatic nitrogens is 4. The Balaban J connectivity index is 1.82. The van der Waals surface area contributed by atoms with E-state index in [1.54, 1.807) is 11.6 Å². The van der Waals surface area contributed by atoms with Crippen molar-refractivity contribution in [3.8, 4) is 27.7 Å². The monoisotopic (exact) mass is 386 g/mol. The molecule has 4 rings (SSSR count). The number of nitrogens with zero attached hydrogens (tertiary/aromatic N) is 4. The van der Waals surface area contributed by atoms with Crippen LogP contribution >= 0.6 is 27.3 Å². The second-order valence-electron chi connectivity index (χ2n) is 4.83. The Kier molecular flexibility index (Phi) is 3.59. The van der Waals surface area contributed by atoms with Crippen LogP contribution in [0.25, 0.3) is 26.9 Å². The van der Waals surface area contributed by atoms with Gasteiger partial charge in [-0.2, -0.15) is 9.61 Å². The standard InChI is InChI=1S/C16H11BrN4OS/c1-22-11-8-6-10(7-9-11)14-18-19-16-21(14)20-15(23-16)12-4-2-3-5-13(12)17/h2-9H,1H3. The van der Waals surface area contributed by atoms with Crippen molar-refractivity contribution in [1.29, 1.82) is 0 Å². The maximum absolute atomic E-state index is 5.19. The molecule has 0 radical (unpaired) electrons. The largest absolute Gasteiger partial charge is 0.497 e. The molecule has 4 aromatic rings. The molecule has 0 unspecified atom stereocenters. The van der Waals surface area contributed by atoms with Crippen LogP contribution in [0.2, 0.25) is 0 Å². The lowest BCUT2D eigenvalue weighted by Crippen LogP contribution is -1.91.